The van der Waals surface area contributed by atoms with Gasteiger partial charge in [0.25, 0.3) is 5.91 Å². The normalized spacial score (nSPS) is 16.5. The molecular weight excluding hydrogens is 344 g/mol. The number of nitrogens with one attached hydrogen (secondary N) is 1. The number of carbonyl (C=O) groups is 1. The van der Waals surface area contributed by atoms with Crippen molar-refractivity contribution in [3.05, 3.63) is 63.9 Å². The van der Waals surface area contributed by atoms with Gasteiger partial charge in [0.1, 0.15) is 0 Å². The molecule has 0 atom stereocenters. The molecule has 0 fully saturated rings. The number of thiophene rings is 1. The predicted octanol–water partition coefficient (Wildman–Crippen LogP) is 2.55. The topological polar surface area (TPSA) is 66.5 Å². The smallest absolute Gasteiger partial charge is 0.255 e. The van der Waals surface area contributed by atoms with Crippen molar-refractivity contribution in [2.45, 2.75) is 4.90 Å². The Labute approximate surface area is 145 Å². The van der Waals surface area contributed by atoms with Crippen molar-refractivity contribution in [3.63, 3.8) is 0 Å². The Balaban J connectivity index is 1.97. The molecule has 0 saturated carbocycles. The number of nitrogens with zero attached hydrogens (tertiary/aromatic N) is 1. The van der Waals surface area contributed by atoms with Crippen LogP contribution >= 0.6 is 11.3 Å². The molecule has 0 aliphatic carbocycles. The largest absolute Gasteiger partial charge is 0.321 e. The van der Waals surface area contributed by atoms with Crippen LogP contribution in [0.25, 0.3) is 11.8 Å². The number of rotatable bonds is 4. The van der Waals surface area contributed by atoms with E-state index in [1.165, 1.54) is 14.1 Å². The van der Waals surface area contributed by atoms with Crippen LogP contribution < -0.4 is 5.32 Å². The summed E-state index contributed by atoms with van der Waals surface area (Å²) in [6.07, 6.45) is 3.55. The van der Waals surface area contributed by atoms with Crippen molar-refractivity contribution in [3.8, 4) is 0 Å². The van der Waals surface area contributed by atoms with Crippen molar-refractivity contribution in [2.75, 3.05) is 14.1 Å². The van der Waals surface area contributed by atoms with Crippen LogP contribution in [0.3, 0.4) is 0 Å². The van der Waals surface area contributed by atoms with E-state index in [9.17, 15) is 13.2 Å². The molecule has 1 N–H and O–H groups in total. The van der Waals surface area contributed by atoms with E-state index in [1.807, 2.05) is 23.6 Å². The SMILES string of the molecule is CN(C)S(=O)(=O)c1cccc(C2=CC(=Cc3cccs3)C(=O)N2)c1. The van der Waals surface area contributed by atoms with Gasteiger partial charge in [-0.05, 0) is 41.3 Å². The maximum atomic E-state index is 12.2. The second kappa shape index (κ2) is 6.35. The zero-order valence-electron chi connectivity index (χ0n) is 13.2. The van der Waals surface area contributed by atoms with Crippen LogP contribution in [0.5, 0.6) is 0 Å². The molecule has 2 heterocycles. The lowest BCUT2D eigenvalue weighted by Crippen LogP contribution is -2.22. The molecule has 2 aromatic rings. The monoisotopic (exact) mass is 360 g/mol. The molecular formula is C17H16N2O3S2. The van der Waals surface area contributed by atoms with Crippen molar-refractivity contribution >= 4 is 39.0 Å². The summed E-state index contributed by atoms with van der Waals surface area (Å²) in [7, 11) is -0.543. The van der Waals surface area contributed by atoms with Gasteiger partial charge >= 0.3 is 0 Å². The standard InChI is InChI=1S/C17H16N2O3S2/c1-19(2)24(21,22)15-7-3-5-12(10-15)16-11-13(17(20)18-16)9-14-6-4-8-23-14/h3-11H,1-2H3,(H,18,20). The Hall–Kier alpha value is -2.22. The first kappa shape index (κ1) is 16.6. The molecule has 0 saturated heterocycles. The van der Waals surface area contributed by atoms with Gasteiger partial charge in [0.15, 0.2) is 0 Å². The van der Waals surface area contributed by atoms with Gasteiger partial charge in [-0.3, -0.25) is 4.79 Å². The van der Waals surface area contributed by atoms with Gasteiger partial charge in [-0.1, -0.05) is 18.2 Å². The number of hydrogen-bond acceptors (Lipinski definition) is 4. The molecule has 7 heteroatoms. The van der Waals surface area contributed by atoms with E-state index in [0.29, 0.717) is 16.8 Å². The van der Waals surface area contributed by atoms with Gasteiger partial charge in [-0.25, -0.2) is 12.7 Å². The van der Waals surface area contributed by atoms with Crippen LogP contribution in [0.15, 0.2) is 58.3 Å². The Morgan fingerprint density at radius 2 is 1.96 bits per heavy atom. The second-order valence-electron chi connectivity index (χ2n) is 5.44. The van der Waals surface area contributed by atoms with Crippen molar-refractivity contribution < 1.29 is 13.2 Å². The van der Waals surface area contributed by atoms with Crippen LogP contribution in [-0.2, 0) is 14.8 Å². The fourth-order valence-electron chi connectivity index (χ4n) is 2.28. The zero-order chi connectivity index (χ0) is 17.3. The number of carbonyl (C=O) groups excluding carboxylic acids is 1. The summed E-state index contributed by atoms with van der Waals surface area (Å²) in [4.78, 5) is 13.3. The van der Waals surface area contributed by atoms with Gasteiger partial charge in [0, 0.05) is 30.2 Å². The van der Waals surface area contributed by atoms with E-state index in [1.54, 1.807) is 41.7 Å². The lowest BCUT2D eigenvalue weighted by atomic mass is 10.1. The van der Waals surface area contributed by atoms with E-state index in [2.05, 4.69) is 5.32 Å². The van der Waals surface area contributed by atoms with E-state index in [0.717, 1.165) is 9.18 Å². The summed E-state index contributed by atoms with van der Waals surface area (Å²) in [5, 5.41) is 4.73. The quantitative estimate of drug-likeness (QED) is 0.852. The molecule has 1 amide bonds. The minimum atomic E-state index is -3.52. The fourth-order valence-corrected chi connectivity index (χ4v) is 3.89. The third kappa shape index (κ3) is 3.19. The summed E-state index contributed by atoms with van der Waals surface area (Å²) in [6.45, 7) is 0. The highest BCUT2D eigenvalue weighted by Gasteiger charge is 2.22. The summed E-state index contributed by atoms with van der Waals surface area (Å²) < 4.78 is 25.7. The lowest BCUT2D eigenvalue weighted by Gasteiger charge is -2.12. The predicted molar refractivity (Wildman–Crippen MR) is 95.7 cm³/mol. The maximum absolute atomic E-state index is 12.2. The van der Waals surface area contributed by atoms with Gasteiger partial charge < -0.3 is 5.32 Å². The maximum Gasteiger partial charge on any atom is 0.255 e. The minimum Gasteiger partial charge on any atom is -0.321 e. The summed E-state index contributed by atoms with van der Waals surface area (Å²) >= 11 is 1.55. The Bertz CT molecular complexity index is 940. The molecule has 24 heavy (non-hydrogen) atoms. The molecule has 3 rings (SSSR count). The van der Waals surface area contributed by atoms with Gasteiger partial charge in [-0.2, -0.15) is 0 Å². The Morgan fingerprint density at radius 3 is 2.62 bits per heavy atom. The number of sulfonamides is 1. The van der Waals surface area contributed by atoms with Crippen molar-refractivity contribution in [1.29, 1.82) is 0 Å². The summed E-state index contributed by atoms with van der Waals surface area (Å²) in [5.74, 6) is -0.195. The Kier molecular flexibility index (Phi) is 4.40. The first-order valence-electron chi connectivity index (χ1n) is 7.19. The molecule has 1 aromatic heterocycles. The molecule has 0 radical (unpaired) electrons. The summed E-state index contributed by atoms with van der Waals surface area (Å²) in [5.41, 5.74) is 1.80. The van der Waals surface area contributed by atoms with Gasteiger partial charge in [-0.15, -0.1) is 11.3 Å². The highest BCUT2D eigenvalue weighted by atomic mass is 32.2. The second-order valence-corrected chi connectivity index (χ2v) is 8.57. The van der Waals surface area contributed by atoms with E-state index < -0.39 is 10.0 Å². The highest BCUT2D eigenvalue weighted by Crippen LogP contribution is 2.25. The first-order chi connectivity index (χ1) is 11.4. The third-order valence-electron chi connectivity index (χ3n) is 3.57. The molecule has 0 spiro atoms. The third-order valence-corrected chi connectivity index (χ3v) is 6.21. The number of hydrogen-bond donors (Lipinski definition) is 1. The van der Waals surface area contributed by atoms with E-state index >= 15 is 0 Å². The average molecular weight is 360 g/mol. The first-order valence-corrected chi connectivity index (χ1v) is 9.51. The van der Waals surface area contributed by atoms with E-state index in [-0.39, 0.29) is 10.8 Å². The number of benzene rings is 1. The molecule has 1 aliphatic heterocycles. The van der Waals surface area contributed by atoms with Gasteiger partial charge in [0.2, 0.25) is 10.0 Å². The summed E-state index contributed by atoms with van der Waals surface area (Å²) in [6, 6.07) is 10.4. The van der Waals surface area contributed by atoms with Crippen molar-refractivity contribution in [2.24, 2.45) is 0 Å². The van der Waals surface area contributed by atoms with Gasteiger partial charge in [0.05, 0.1) is 4.90 Å². The minimum absolute atomic E-state index is 0.191. The molecule has 0 bridgehead atoms. The van der Waals surface area contributed by atoms with E-state index in [4.69, 9.17) is 0 Å². The van der Waals surface area contributed by atoms with Crippen LogP contribution in [-0.4, -0.2) is 32.7 Å². The molecule has 5 nitrogen and oxygen atoms in total. The molecule has 0 unspecified atom stereocenters. The lowest BCUT2D eigenvalue weighted by molar-refractivity contribution is -0.115. The average Bonchev–Trinajstić information content (AvgIpc) is 3.18. The van der Waals surface area contributed by atoms with Crippen LogP contribution in [0.2, 0.25) is 0 Å². The zero-order valence-corrected chi connectivity index (χ0v) is 14.8. The van der Waals surface area contributed by atoms with Crippen LogP contribution in [0.4, 0.5) is 0 Å². The highest BCUT2D eigenvalue weighted by molar-refractivity contribution is 7.89. The van der Waals surface area contributed by atoms with Crippen LogP contribution in [0, 0.1) is 0 Å². The fraction of sp³-hybridized carbons (Fsp3) is 0.118. The molecule has 124 valence electrons. The van der Waals surface area contributed by atoms with Crippen LogP contribution in [0.1, 0.15) is 10.4 Å². The molecule has 1 aliphatic rings. The number of amides is 1. The molecule has 1 aromatic carbocycles. The van der Waals surface area contributed by atoms with Crippen molar-refractivity contribution in [1.82, 2.24) is 9.62 Å². The Morgan fingerprint density at radius 1 is 1.17 bits per heavy atom.